The third kappa shape index (κ3) is 2.84. The summed E-state index contributed by atoms with van der Waals surface area (Å²) in [7, 11) is 0. The molecule has 0 saturated carbocycles. The van der Waals surface area contributed by atoms with Crippen molar-refractivity contribution in [1.82, 2.24) is 0 Å². The van der Waals surface area contributed by atoms with Gasteiger partial charge in [-0.25, -0.2) is 8.78 Å². The Balaban J connectivity index is 2.33. The van der Waals surface area contributed by atoms with Gasteiger partial charge in [0.1, 0.15) is 11.6 Å². The largest absolute Gasteiger partial charge is 0.392 e. The first-order valence-corrected chi connectivity index (χ1v) is 5.84. The molecule has 0 aliphatic rings. The van der Waals surface area contributed by atoms with Crippen LogP contribution < -0.4 is 0 Å². The normalized spacial score (nSPS) is 10.5. The number of hydrogen-bond donors (Lipinski definition) is 1. The van der Waals surface area contributed by atoms with Gasteiger partial charge in [0.15, 0.2) is 0 Å². The van der Waals surface area contributed by atoms with Crippen LogP contribution in [0.15, 0.2) is 52.3 Å². The molecule has 0 spiro atoms. The van der Waals surface area contributed by atoms with Crippen molar-refractivity contribution in [1.29, 1.82) is 0 Å². The molecular formula is C13H10F2OS. The van der Waals surface area contributed by atoms with Gasteiger partial charge in [0.2, 0.25) is 0 Å². The molecule has 2 aromatic rings. The maximum absolute atomic E-state index is 13.6. The van der Waals surface area contributed by atoms with Crippen LogP contribution >= 0.6 is 11.8 Å². The van der Waals surface area contributed by atoms with E-state index in [0.29, 0.717) is 0 Å². The fourth-order valence-electron chi connectivity index (χ4n) is 1.41. The van der Waals surface area contributed by atoms with E-state index in [1.54, 1.807) is 24.3 Å². The maximum atomic E-state index is 13.6. The monoisotopic (exact) mass is 252 g/mol. The number of halogens is 2. The highest BCUT2D eigenvalue weighted by atomic mass is 32.2. The first-order chi connectivity index (χ1) is 8.20. The van der Waals surface area contributed by atoms with E-state index in [4.69, 9.17) is 5.11 Å². The molecule has 17 heavy (non-hydrogen) atoms. The number of aliphatic hydroxyl groups is 1. The number of hydrogen-bond acceptors (Lipinski definition) is 2. The summed E-state index contributed by atoms with van der Waals surface area (Å²) in [6.45, 7) is -0.371. The summed E-state index contributed by atoms with van der Waals surface area (Å²) < 4.78 is 27.2. The van der Waals surface area contributed by atoms with Crippen molar-refractivity contribution >= 4 is 11.8 Å². The molecule has 0 saturated heterocycles. The summed E-state index contributed by atoms with van der Waals surface area (Å²) in [6.07, 6.45) is 0. The van der Waals surface area contributed by atoms with Gasteiger partial charge in [-0.05, 0) is 29.8 Å². The van der Waals surface area contributed by atoms with E-state index >= 15 is 0 Å². The minimum Gasteiger partial charge on any atom is -0.392 e. The Kier molecular flexibility index (Phi) is 3.76. The first-order valence-electron chi connectivity index (χ1n) is 5.02. The molecule has 4 heteroatoms. The molecule has 1 N–H and O–H groups in total. The van der Waals surface area contributed by atoms with E-state index in [0.717, 1.165) is 28.8 Å². The predicted octanol–water partition coefficient (Wildman–Crippen LogP) is 3.61. The predicted molar refractivity (Wildman–Crippen MR) is 62.8 cm³/mol. The zero-order valence-electron chi connectivity index (χ0n) is 8.86. The standard InChI is InChI=1S/C13H10F2OS/c14-11-6-9(8-16)7-12(15)13(11)17-10-4-2-1-3-5-10/h1-7,16H,8H2. The van der Waals surface area contributed by atoms with Crippen molar-refractivity contribution in [2.75, 3.05) is 0 Å². The SMILES string of the molecule is OCc1cc(F)c(Sc2ccccc2)c(F)c1. The summed E-state index contributed by atoms with van der Waals surface area (Å²) >= 11 is 1.03. The molecular weight excluding hydrogens is 242 g/mol. The molecule has 0 bridgehead atoms. The van der Waals surface area contributed by atoms with Gasteiger partial charge in [-0.3, -0.25) is 0 Å². The summed E-state index contributed by atoms with van der Waals surface area (Å²) in [6, 6.07) is 11.3. The van der Waals surface area contributed by atoms with Crippen molar-refractivity contribution < 1.29 is 13.9 Å². The molecule has 0 radical (unpaired) electrons. The summed E-state index contributed by atoms with van der Waals surface area (Å²) in [5.74, 6) is -1.30. The van der Waals surface area contributed by atoms with Crippen LogP contribution in [0.2, 0.25) is 0 Å². The molecule has 0 aliphatic carbocycles. The molecule has 1 nitrogen and oxygen atoms in total. The van der Waals surface area contributed by atoms with Gasteiger partial charge in [-0.2, -0.15) is 0 Å². The second kappa shape index (κ2) is 5.29. The average Bonchev–Trinajstić information content (AvgIpc) is 2.35. The fraction of sp³-hybridized carbons (Fsp3) is 0.0769. The highest BCUT2D eigenvalue weighted by Crippen LogP contribution is 2.32. The zero-order chi connectivity index (χ0) is 12.3. The Bertz CT molecular complexity index is 491. The Morgan fingerprint density at radius 2 is 1.59 bits per heavy atom. The molecule has 0 aliphatic heterocycles. The van der Waals surface area contributed by atoms with Crippen LogP contribution in [0.5, 0.6) is 0 Å². The molecule has 2 rings (SSSR count). The van der Waals surface area contributed by atoms with Crippen molar-refractivity contribution in [2.45, 2.75) is 16.4 Å². The van der Waals surface area contributed by atoms with Gasteiger partial charge in [0.25, 0.3) is 0 Å². The van der Waals surface area contributed by atoms with Gasteiger partial charge in [-0.1, -0.05) is 30.0 Å². The molecule has 0 fully saturated rings. The maximum Gasteiger partial charge on any atom is 0.140 e. The Morgan fingerprint density at radius 3 is 2.12 bits per heavy atom. The van der Waals surface area contributed by atoms with E-state index in [9.17, 15) is 8.78 Å². The summed E-state index contributed by atoms with van der Waals surface area (Å²) in [5.41, 5.74) is 0.234. The van der Waals surface area contributed by atoms with Gasteiger partial charge in [0, 0.05) is 4.90 Å². The van der Waals surface area contributed by atoms with Gasteiger partial charge in [-0.15, -0.1) is 0 Å². The van der Waals surface area contributed by atoms with Crippen LogP contribution in [0.3, 0.4) is 0 Å². The molecule has 2 aromatic carbocycles. The van der Waals surface area contributed by atoms with E-state index in [2.05, 4.69) is 0 Å². The van der Waals surface area contributed by atoms with Crippen LogP contribution in [0.25, 0.3) is 0 Å². The van der Waals surface area contributed by atoms with Crippen LogP contribution in [-0.4, -0.2) is 5.11 Å². The summed E-state index contributed by atoms with van der Waals surface area (Å²) in [4.78, 5) is 0.718. The fourth-order valence-corrected chi connectivity index (χ4v) is 2.25. The lowest BCUT2D eigenvalue weighted by Gasteiger charge is -2.06. The Hall–Kier alpha value is -1.39. The topological polar surface area (TPSA) is 20.2 Å². The van der Waals surface area contributed by atoms with E-state index < -0.39 is 11.6 Å². The van der Waals surface area contributed by atoms with Crippen molar-refractivity contribution in [2.24, 2.45) is 0 Å². The highest BCUT2D eigenvalue weighted by Gasteiger charge is 2.12. The second-order valence-electron chi connectivity index (χ2n) is 3.46. The van der Waals surface area contributed by atoms with E-state index in [-0.39, 0.29) is 17.1 Å². The molecule has 0 aromatic heterocycles. The molecule has 0 unspecified atom stereocenters. The van der Waals surface area contributed by atoms with Crippen molar-refractivity contribution in [3.63, 3.8) is 0 Å². The van der Waals surface area contributed by atoms with Crippen LogP contribution in [-0.2, 0) is 6.61 Å². The summed E-state index contributed by atoms with van der Waals surface area (Å²) in [5, 5.41) is 8.83. The van der Waals surface area contributed by atoms with Crippen molar-refractivity contribution in [3.05, 3.63) is 59.7 Å². The van der Waals surface area contributed by atoms with Crippen LogP contribution in [0.4, 0.5) is 8.78 Å². The lowest BCUT2D eigenvalue weighted by molar-refractivity contribution is 0.280. The number of benzene rings is 2. The van der Waals surface area contributed by atoms with Crippen LogP contribution in [0, 0.1) is 11.6 Å². The van der Waals surface area contributed by atoms with Crippen molar-refractivity contribution in [3.8, 4) is 0 Å². The zero-order valence-corrected chi connectivity index (χ0v) is 9.68. The number of rotatable bonds is 3. The molecule has 0 atom stereocenters. The third-order valence-corrected chi connectivity index (χ3v) is 3.31. The van der Waals surface area contributed by atoms with Gasteiger partial charge >= 0.3 is 0 Å². The number of aliphatic hydroxyl groups excluding tert-OH is 1. The van der Waals surface area contributed by atoms with E-state index in [1.165, 1.54) is 0 Å². The Labute approximate surface area is 102 Å². The Morgan fingerprint density at radius 1 is 1.00 bits per heavy atom. The average molecular weight is 252 g/mol. The van der Waals surface area contributed by atoms with Gasteiger partial charge in [0.05, 0.1) is 11.5 Å². The minimum absolute atomic E-state index is 0.0478. The first kappa shape index (κ1) is 12.1. The smallest absolute Gasteiger partial charge is 0.140 e. The molecule has 0 amide bonds. The lowest BCUT2D eigenvalue weighted by atomic mass is 10.2. The van der Waals surface area contributed by atoms with Crippen LogP contribution in [0.1, 0.15) is 5.56 Å². The lowest BCUT2D eigenvalue weighted by Crippen LogP contribution is -1.92. The molecule has 0 heterocycles. The quantitative estimate of drug-likeness (QED) is 0.900. The highest BCUT2D eigenvalue weighted by molar-refractivity contribution is 7.99. The third-order valence-electron chi connectivity index (χ3n) is 2.20. The minimum atomic E-state index is -0.650. The van der Waals surface area contributed by atoms with Gasteiger partial charge < -0.3 is 5.11 Å². The molecule has 88 valence electrons. The van der Waals surface area contributed by atoms with E-state index in [1.807, 2.05) is 6.07 Å². The second-order valence-corrected chi connectivity index (χ2v) is 4.55.